The molecule has 0 N–H and O–H groups in total. The molecule has 0 saturated carbocycles. The van der Waals surface area contributed by atoms with Crippen molar-refractivity contribution in [2.45, 2.75) is 39.7 Å². The average Bonchev–Trinajstić information content (AvgIpc) is 3.86. The monoisotopic (exact) mass is 718 g/mol. The largest absolute Gasteiger partial charge is 0.320 e. The van der Waals surface area contributed by atoms with Gasteiger partial charge in [0.2, 0.25) is 0 Å². The molecule has 3 heterocycles. The predicted molar refractivity (Wildman–Crippen MR) is 233 cm³/mol. The number of para-hydroxylation sites is 1. The van der Waals surface area contributed by atoms with Crippen molar-refractivity contribution in [3.8, 4) is 0 Å². The van der Waals surface area contributed by atoms with Crippen molar-refractivity contribution >= 4 is 93.6 Å². The Hall–Kier alpha value is -5.55. The molecule has 0 radical (unpaired) electrons. The lowest BCUT2D eigenvalue weighted by Crippen LogP contribution is -2.32. The third kappa shape index (κ3) is 5.15. The summed E-state index contributed by atoms with van der Waals surface area (Å²) < 4.78 is 2.54. The van der Waals surface area contributed by atoms with Crippen LogP contribution in [0.25, 0.3) is 53.7 Å². The van der Waals surface area contributed by atoms with E-state index in [2.05, 4.69) is 140 Å². The Labute approximate surface area is 318 Å². The van der Waals surface area contributed by atoms with E-state index in [-0.39, 0.29) is 0 Å². The van der Waals surface area contributed by atoms with Crippen LogP contribution in [0.5, 0.6) is 0 Å². The lowest BCUT2D eigenvalue weighted by atomic mass is 9.93. The number of amidine groups is 1. The molecular formula is C49H38N2S2. The van der Waals surface area contributed by atoms with Gasteiger partial charge in [-0.25, -0.2) is 4.99 Å². The fraction of sp³-hybridized carbons (Fsp3) is 0.122. The van der Waals surface area contributed by atoms with Crippen LogP contribution in [0.1, 0.15) is 57.3 Å². The second kappa shape index (κ2) is 12.5. The van der Waals surface area contributed by atoms with Crippen molar-refractivity contribution in [2.75, 3.05) is 4.90 Å². The van der Waals surface area contributed by atoms with Gasteiger partial charge < -0.3 is 4.90 Å². The highest BCUT2D eigenvalue weighted by atomic mass is 32.1. The first-order chi connectivity index (χ1) is 25.9. The van der Waals surface area contributed by atoms with E-state index in [1.54, 1.807) is 0 Å². The summed E-state index contributed by atoms with van der Waals surface area (Å²) in [4.78, 5) is 10.7. The van der Waals surface area contributed by atoms with Gasteiger partial charge in [-0.1, -0.05) is 110 Å². The van der Waals surface area contributed by atoms with E-state index in [4.69, 9.17) is 18.2 Å². The molecule has 0 spiro atoms. The number of thiophene rings is 2. The third-order valence-electron chi connectivity index (χ3n) is 11.3. The number of benzene rings is 5. The number of nitrogens with zero attached hydrogens (tertiary/aromatic N) is 2. The molecule has 53 heavy (non-hydrogen) atoms. The quantitative estimate of drug-likeness (QED) is 0.131. The van der Waals surface area contributed by atoms with Gasteiger partial charge >= 0.3 is 0 Å². The molecule has 1 aliphatic heterocycles. The first kappa shape index (κ1) is 32.1. The summed E-state index contributed by atoms with van der Waals surface area (Å²) >= 11 is 3.70. The summed E-state index contributed by atoms with van der Waals surface area (Å²) in [6, 6.07) is 37.5. The van der Waals surface area contributed by atoms with Crippen LogP contribution in [-0.4, -0.2) is 5.84 Å². The van der Waals surface area contributed by atoms with Gasteiger partial charge in [-0.2, -0.15) is 0 Å². The molecule has 10 rings (SSSR count). The van der Waals surface area contributed by atoms with E-state index in [0.717, 1.165) is 58.8 Å². The number of allylic oxidation sites excluding steroid dienone is 6. The van der Waals surface area contributed by atoms with Crippen LogP contribution < -0.4 is 4.90 Å². The molecule has 256 valence electrons. The molecular weight excluding hydrogens is 681 g/mol. The number of aliphatic imine (C=N–C) groups is 1. The van der Waals surface area contributed by atoms with E-state index in [1.165, 1.54) is 74.1 Å². The normalized spacial score (nSPS) is 16.6. The highest BCUT2D eigenvalue weighted by Gasteiger charge is 2.30. The summed E-state index contributed by atoms with van der Waals surface area (Å²) in [5.41, 5.74) is 14.4. The molecule has 0 amide bonds. The van der Waals surface area contributed by atoms with E-state index in [1.807, 2.05) is 22.7 Å². The van der Waals surface area contributed by atoms with Gasteiger partial charge in [0, 0.05) is 41.1 Å². The van der Waals surface area contributed by atoms with Gasteiger partial charge in [0.1, 0.15) is 5.84 Å². The minimum atomic E-state index is 0.641. The fourth-order valence-electron chi connectivity index (χ4n) is 8.64. The number of aryl methyl sites for hydroxylation is 1. The Morgan fingerprint density at radius 2 is 1.58 bits per heavy atom. The van der Waals surface area contributed by atoms with Crippen molar-refractivity contribution in [1.29, 1.82) is 0 Å². The molecule has 5 aromatic carbocycles. The highest BCUT2D eigenvalue weighted by Crippen LogP contribution is 2.46. The number of fused-ring (bicyclic) bond motifs is 9. The summed E-state index contributed by atoms with van der Waals surface area (Å²) in [7, 11) is 0. The maximum Gasteiger partial charge on any atom is 0.141 e. The van der Waals surface area contributed by atoms with E-state index >= 15 is 0 Å². The molecule has 2 aromatic heterocycles. The zero-order chi connectivity index (χ0) is 35.8. The highest BCUT2D eigenvalue weighted by molar-refractivity contribution is 7.20. The summed E-state index contributed by atoms with van der Waals surface area (Å²) in [6.07, 6.45) is 10.1. The Balaban J connectivity index is 1.24. The minimum Gasteiger partial charge on any atom is -0.320 e. The van der Waals surface area contributed by atoms with Crippen LogP contribution >= 0.6 is 22.7 Å². The Bertz CT molecular complexity index is 2850. The van der Waals surface area contributed by atoms with Gasteiger partial charge in [0.05, 0.1) is 17.9 Å². The molecule has 0 bridgehead atoms. The van der Waals surface area contributed by atoms with Crippen LogP contribution in [0.2, 0.25) is 0 Å². The van der Waals surface area contributed by atoms with Gasteiger partial charge in [-0.15, -0.1) is 22.7 Å². The topological polar surface area (TPSA) is 15.6 Å². The summed E-state index contributed by atoms with van der Waals surface area (Å²) in [6.45, 7) is 14.8. The second-order valence-electron chi connectivity index (χ2n) is 14.4. The SMILES string of the molecule is C=C1/C(C)=C\c2c(sc3ccc4ccccc4c23)CN(C(=Nc2c(C)sc3ccccc23)C(=C)c2cccc3c2CC2=C3CCC=C2)c2ccccc21. The van der Waals surface area contributed by atoms with Gasteiger partial charge in [-0.3, -0.25) is 0 Å². The van der Waals surface area contributed by atoms with E-state index < -0.39 is 0 Å². The number of hydrogen-bond acceptors (Lipinski definition) is 3. The smallest absolute Gasteiger partial charge is 0.141 e. The van der Waals surface area contributed by atoms with Crippen LogP contribution in [-0.2, 0) is 13.0 Å². The molecule has 0 atom stereocenters. The molecule has 0 saturated heterocycles. The lowest BCUT2D eigenvalue weighted by Gasteiger charge is -2.30. The summed E-state index contributed by atoms with van der Waals surface area (Å²) in [5, 5.41) is 5.02. The minimum absolute atomic E-state index is 0.641. The van der Waals surface area contributed by atoms with Gasteiger partial charge in [0.15, 0.2) is 0 Å². The van der Waals surface area contributed by atoms with Crippen LogP contribution in [0.15, 0.2) is 145 Å². The molecule has 7 aromatic rings. The Kier molecular flexibility index (Phi) is 7.61. The van der Waals surface area contributed by atoms with Crippen molar-refractivity contribution in [2.24, 2.45) is 4.99 Å². The molecule has 3 aliphatic rings. The number of anilines is 1. The predicted octanol–water partition coefficient (Wildman–Crippen LogP) is 14.1. The zero-order valence-corrected chi connectivity index (χ0v) is 31.6. The van der Waals surface area contributed by atoms with E-state index in [0.29, 0.717) is 6.54 Å². The van der Waals surface area contributed by atoms with Crippen LogP contribution in [0.3, 0.4) is 0 Å². The number of hydrogen-bond donors (Lipinski definition) is 0. The third-order valence-corrected chi connectivity index (χ3v) is 13.5. The maximum atomic E-state index is 5.77. The zero-order valence-electron chi connectivity index (χ0n) is 30.0. The number of rotatable bonds is 3. The molecule has 2 aliphatic carbocycles. The Morgan fingerprint density at radius 1 is 0.792 bits per heavy atom. The first-order valence-electron chi connectivity index (χ1n) is 18.4. The molecule has 2 nitrogen and oxygen atoms in total. The Morgan fingerprint density at radius 3 is 2.49 bits per heavy atom. The average molecular weight is 719 g/mol. The standard InChI is InChI=1S/C49H38N2S2/c1-29-26-42-46(53-45-25-24-33-14-5-8-18-38(33)47(42)45)28-51(43-22-11-9-16-36(43)30(29)2)49(50-48-32(4)52-44-23-12-10-19-40(44)48)31(3)35-20-13-21-39-37-17-7-6-15-34(37)27-41(35)39/h5-6,8-16,18-26H,2-3,7,17,27-28H2,1,4H3/b29-26-,50-49?. The van der Waals surface area contributed by atoms with Crippen molar-refractivity contribution in [1.82, 2.24) is 0 Å². The van der Waals surface area contributed by atoms with Crippen molar-refractivity contribution in [3.63, 3.8) is 0 Å². The summed E-state index contributed by atoms with van der Waals surface area (Å²) in [5.74, 6) is 0.874. The van der Waals surface area contributed by atoms with Crippen molar-refractivity contribution in [3.05, 3.63) is 177 Å². The van der Waals surface area contributed by atoms with E-state index in [9.17, 15) is 0 Å². The molecule has 0 fully saturated rings. The van der Waals surface area contributed by atoms with Crippen LogP contribution in [0.4, 0.5) is 11.4 Å². The fourth-order valence-corrected chi connectivity index (χ4v) is 10.8. The van der Waals surface area contributed by atoms with Gasteiger partial charge in [0.25, 0.3) is 0 Å². The second-order valence-corrected chi connectivity index (χ2v) is 16.8. The molecule has 0 unspecified atom stereocenters. The van der Waals surface area contributed by atoms with Crippen LogP contribution in [0, 0.1) is 6.92 Å². The lowest BCUT2D eigenvalue weighted by molar-refractivity contribution is 1.03. The van der Waals surface area contributed by atoms with Crippen molar-refractivity contribution < 1.29 is 0 Å². The van der Waals surface area contributed by atoms with Gasteiger partial charge in [-0.05, 0) is 113 Å². The first-order valence-corrected chi connectivity index (χ1v) is 20.0. The maximum absolute atomic E-state index is 5.77. The molecule has 4 heteroatoms.